The van der Waals surface area contributed by atoms with Crippen LogP contribution in [0.5, 0.6) is 0 Å². The summed E-state index contributed by atoms with van der Waals surface area (Å²) in [5, 5.41) is 0. The van der Waals surface area contributed by atoms with E-state index in [0.29, 0.717) is 6.54 Å². The van der Waals surface area contributed by atoms with Crippen molar-refractivity contribution in [2.24, 2.45) is 5.73 Å². The second-order valence-electron chi connectivity index (χ2n) is 3.44. The van der Waals surface area contributed by atoms with E-state index in [4.69, 9.17) is 5.73 Å². The highest BCUT2D eigenvalue weighted by molar-refractivity contribution is 5.17. The van der Waals surface area contributed by atoms with Gasteiger partial charge in [0.25, 0.3) is 0 Å². The smallest absolute Gasteiger partial charge is 0.0951 e. The number of aromatic nitrogens is 2. The van der Waals surface area contributed by atoms with Gasteiger partial charge in [0.15, 0.2) is 0 Å². The highest BCUT2D eigenvalue weighted by Crippen LogP contribution is 2.07. The van der Waals surface area contributed by atoms with E-state index in [1.807, 2.05) is 32.4 Å². The van der Waals surface area contributed by atoms with Crippen molar-refractivity contribution in [3.63, 3.8) is 0 Å². The summed E-state index contributed by atoms with van der Waals surface area (Å²) in [4.78, 5) is 4.13. The summed E-state index contributed by atoms with van der Waals surface area (Å²) in [5.74, 6) is 0. The molecule has 0 unspecified atom stereocenters. The maximum atomic E-state index is 5.53. The van der Waals surface area contributed by atoms with E-state index in [1.54, 1.807) is 0 Å². The van der Waals surface area contributed by atoms with Crippen molar-refractivity contribution < 1.29 is 0 Å². The fourth-order valence-corrected chi connectivity index (χ4v) is 1.52. The van der Waals surface area contributed by atoms with E-state index >= 15 is 0 Å². The zero-order valence-electron chi connectivity index (χ0n) is 11.3. The fraction of sp³-hybridized carbons (Fsp3) is 0.500. The van der Waals surface area contributed by atoms with Crippen LogP contribution in [0.15, 0.2) is 36.8 Å². The Labute approximate surface area is 105 Å². The highest BCUT2D eigenvalue weighted by Gasteiger charge is 2.01. The standard InChI is InChI=1S/C12H19N3.C2H6/c1-3-5-11(4-2)9-15-10-14-8-12(15)6-7-13;1-2/h4-5,8,10H,2-3,6-7,9,13H2,1H3;1-2H3/b11-5+;. The SMILES string of the molecule is C=C/C(=C\CC)Cn1cncc1CCN.CC. The Bertz CT molecular complexity index is 337. The third-order valence-electron chi connectivity index (χ3n) is 2.28. The first-order valence-electron chi connectivity index (χ1n) is 6.32. The summed E-state index contributed by atoms with van der Waals surface area (Å²) in [5.41, 5.74) is 7.95. The average molecular weight is 235 g/mol. The van der Waals surface area contributed by atoms with Crippen LogP contribution in [0.1, 0.15) is 32.9 Å². The largest absolute Gasteiger partial charge is 0.330 e. The van der Waals surface area contributed by atoms with Gasteiger partial charge in [0.1, 0.15) is 0 Å². The molecule has 2 N–H and O–H groups in total. The minimum absolute atomic E-state index is 0.659. The maximum absolute atomic E-state index is 5.53. The van der Waals surface area contributed by atoms with Gasteiger partial charge in [-0.05, 0) is 18.5 Å². The molecule has 96 valence electrons. The van der Waals surface area contributed by atoms with Crippen molar-refractivity contribution in [1.29, 1.82) is 0 Å². The Morgan fingerprint density at radius 2 is 2.24 bits per heavy atom. The van der Waals surface area contributed by atoms with Crippen molar-refractivity contribution in [2.75, 3.05) is 6.54 Å². The number of imidazole rings is 1. The van der Waals surface area contributed by atoms with Gasteiger partial charge < -0.3 is 10.3 Å². The number of nitrogens with two attached hydrogens (primary N) is 1. The van der Waals surface area contributed by atoms with Crippen molar-refractivity contribution in [3.8, 4) is 0 Å². The lowest BCUT2D eigenvalue weighted by Crippen LogP contribution is -2.09. The Morgan fingerprint density at radius 3 is 2.76 bits per heavy atom. The van der Waals surface area contributed by atoms with Gasteiger partial charge in [-0.25, -0.2) is 4.98 Å². The average Bonchev–Trinajstić information content (AvgIpc) is 2.79. The maximum Gasteiger partial charge on any atom is 0.0951 e. The molecule has 0 aromatic carbocycles. The van der Waals surface area contributed by atoms with Crippen molar-refractivity contribution in [3.05, 3.63) is 42.5 Å². The Hall–Kier alpha value is -1.35. The highest BCUT2D eigenvalue weighted by atomic mass is 15.0. The van der Waals surface area contributed by atoms with Crippen LogP contribution in [0.25, 0.3) is 0 Å². The Morgan fingerprint density at radius 1 is 1.53 bits per heavy atom. The van der Waals surface area contributed by atoms with Crippen molar-refractivity contribution in [1.82, 2.24) is 9.55 Å². The van der Waals surface area contributed by atoms with Crippen molar-refractivity contribution >= 4 is 0 Å². The first kappa shape index (κ1) is 15.7. The normalized spacial score (nSPS) is 10.7. The van der Waals surface area contributed by atoms with E-state index < -0.39 is 0 Å². The van der Waals surface area contributed by atoms with Crippen LogP contribution in [0, 0.1) is 0 Å². The van der Waals surface area contributed by atoms with Gasteiger partial charge in [-0.2, -0.15) is 0 Å². The molecule has 1 heterocycles. The lowest BCUT2D eigenvalue weighted by Gasteiger charge is -2.07. The molecule has 0 amide bonds. The second-order valence-corrected chi connectivity index (χ2v) is 3.44. The third-order valence-corrected chi connectivity index (χ3v) is 2.28. The van der Waals surface area contributed by atoms with Gasteiger partial charge in [-0.15, -0.1) is 0 Å². The molecule has 0 spiro atoms. The lowest BCUT2D eigenvalue weighted by atomic mass is 10.2. The summed E-state index contributed by atoms with van der Waals surface area (Å²) < 4.78 is 2.12. The number of nitrogens with zero attached hydrogens (tertiary/aromatic N) is 2. The molecule has 1 aromatic rings. The van der Waals surface area contributed by atoms with E-state index in [1.165, 1.54) is 11.3 Å². The van der Waals surface area contributed by atoms with Gasteiger partial charge in [0.05, 0.1) is 6.33 Å². The van der Waals surface area contributed by atoms with Crippen LogP contribution in [0.2, 0.25) is 0 Å². The lowest BCUT2D eigenvalue weighted by molar-refractivity contribution is 0.730. The Balaban J connectivity index is 0.00000121. The minimum Gasteiger partial charge on any atom is -0.330 e. The quantitative estimate of drug-likeness (QED) is 0.770. The van der Waals surface area contributed by atoms with Gasteiger partial charge in [-0.1, -0.05) is 39.5 Å². The minimum atomic E-state index is 0.659. The molecule has 0 aliphatic rings. The number of rotatable bonds is 6. The van der Waals surface area contributed by atoms with Crippen LogP contribution < -0.4 is 5.73 Å². The van der Waals surface area contributed by atoms with Crippen molar-refractivity contribution in [2.45, 2.75) is 40.2 Å². The number of hydrogen-bond acceptors (Lipinski definition) is 2. The monoisotopic (exact) mass is 235 g/mol. The molecule has 0 saturated heterocycles. The van der Waals surface area contributed by atoms with E-state index in [0.717, 1.165) is 19.4 Å². The topological polar surface area (TPSA) is 43.8 Å². The molecule has 0 bridgehead atoms. The molecular weight excluding hydrogens is 210 g/mol. The fourth-order valence-electron chi connectivity index (χ4n) is 1.52. The van der Waals surface area contributed by atoms with Crippen LogP contribution in [-0.2, 0) is 13.0 Å². The summed E-state index contributed by atoms with van der Waals surface area (Å²) in [6, 6.07) is 0. The molecule has 1 aromatic heterocycles. The molecular formula is C14H25N3. The van der Waals surface area contributed by atoms with E-state index in [9.17, 15) is 0 Å². The summed E-state index contributed by atoms with van der Waals surface area (Å²) in [6.07, 6.45) is 9.70. The number of allylic oxidation sites excluding steroid dienone is 3. The zero-order chi connectivity index (χ0) is 13.1. The molecule has 0 atom stereocenters. The predicted octanol–water partition coefficient (Wildman–Crippen LogP) is 2.93. The second kappa shape index (κ2) is 9.85. The van der Waals surface area contributed by atoms with Crippen LogP contribution >= 0.6 is 0 Å². The van der Waals surface area contributed by atoms with E-state index in [2.05, 4.69) is 29.1 Å². The molecule has 0 aliphatic heterocycles. The van der Waals surface area contributed by atoms with Gasteiger partial charge in [0.2, 0.25) is 0 Å². The van der Waals surface area contributed by atoms with E-state index in [-0.39, 0.29) is 0 Å². The zero-order valence-corrected chi connectivity index (χ0v) is 11.3. The molecule has 3 heteroatoms. The summed E-state index contributed by atoms with van der Waals surface area (Å²) in [6.45, 7) is 11.4. The summed E-state index contributed by atoms with van der Waals surface area (Å²) >= 11 is 0. The Kier molecular flexibility index (Phi) is 9.06. The molecule has 0 fully saturated rings. The van der Waals surface area contributed by atoms with Gasteiger partial charge in [-0.3, -0.25) is 0 Å². The molecule has 0 saturated carbocycles. The molecule has 3 nitrogen and oxygen atoms in total. The van der Waals surface area contributed by atoms with Gasteiger partial charge >= 0.3 is 0 Å². The third kappa shape index (κ3) is 5.50. The predicted molar refractivity (Wildman–Crippen MR) is 74.9 cm³/mol. The van der Waals surface area contributed by atoms with Crippen LogP contribution in [0.4, 0.5) is 0 Å². The molecule has 17 heavy (non-hydrogen) atoms. The molecule has 0 radical (unpaired) electrons. The first-order chi connectivity index (χ1) is 8.31. The first-order valence-corrected chi connectivity index (χ1v) is 6.32. The summed E-state index contributed by atoms with van der Waals surface area (Å²) in [7, 11) is 0. The van der Waals surface area contributed by atoms with Gasteiger partial charge in [0, 0.05) is 24.9 Å². The molecule has 1 rings (SSSR count). The van der Waals surface area contributed by atoms with Crippen LogP contribution in [-0.4, -0.2) is 16.1 Å². The molecule has 0 aliphatic carbocycles. The number of hydrogen-bond donors (Lipinski definition) is 1. The van der Waals surface area contributed by atoms with Crippen LogP contribution in [0.3, 0.4) is 0 Å².